The summed E-state index contributed by atoms with van der Waals surface area (Å²) in [5, 5.41) is 3.36. The molecule has 1 aromatic heterocycles. The zero-order chi connectivity index (χ0) is 19.8. The number of hydrogen-bond acceptors (Lipinski definition) is 4. The lowest BCUT2D eigenvalue weighted by atomic mass is 9.98. The second kappa shape index (κ2) is 10.1. The lowest BCUT2D eigenvalue weighted by molar-refractivity contribution is -0.149. The first kappa shape index (κ1) is 20.2. The average molecular weight is 386 g/mol. The van der Waals surface area contributed by atoms with Crippen LogP contribution in [0.3, 0.4) is 0 Å². The van der Waals surface area contributed by atoms with E-state index in [0.29, 0.717) is 13.2 Å². The van der Waals surface area contributed by atoms with Crippen LogP contribution in [0, 0.1) is 5.92 Å². The van der Waals surface area contributed by atoms with Crippen molar-refractivity contribution < 1.29 is 9.53 Å². The Labute approximate surface area is 166 Å². The SMILES string of the molecule is CCNC(=NCCCc1nc2ccccc2[nH]1)N1CCCC(C(=O)OCC)C1. The van der Waals surface area contributed by atoms with Crippen molar-refractivity contribution in [3.8, 4) is 0 Å². The molecular weight excluding hydrogens is 354 g/mol. The number of rotatable bonds is 7. The van der Waals surface area contributed by atoms with Crippen LogP contribution in [-0.2, 0) is 16.0 Å². The molecule has 7 nitrogen and oxygen atoms in total. The molecule has 2 aromatic rings. The molecule has 2 heterocycles. The molecule has 1 unspecified atom stereocenters. The monoisotopic (exact) mass is 385 g/mol. The molecule has 28 heavy (non-hydrogen) atoms. The van der Waals surface area contributed by atoms with E-state index < -0.39 is 0 Å². The molecule has 0 spiro atoms. The van der Waals surface area contributed by atoms with Crippen molar-refractivity contribution in [2.45, 2.75) is 39.5 Å². The number of nitrogens with zero attached hydrogens (tertiary/aromatic N) is 3. The third-order valence-electron chi connectivity index (χ3n) is 4.95. The fourth-order valence-corrected chi connectivity index (χ4v) is 3.60. The first-order valence-electron chi connectivity index (χ1n) is 10.3. The third kappa shape index (κ3) is 5.24. The quantitative estimate of drug-likeness (QED) is 0.331. The molecule has 3 rings (SSSR count). The number of aliphatic imine (C=N–C) groups is 1. The van der Waals surface area contributed by atoms with Gasteiger partial charge in [0.05, 0.1) is 23.6 Å². The van der Waals surface area contributed by atoms with E-state index in [1.54, 1.807) is 0 Å². The van der Waals surface area contributed by atoms with Crippen molar-refractivity contribution in [1.29, 1.82) is 0 Å². The number of aromatic amines is 1. The van der Waals surface area contributed by atoms with Crippen molar-refractivity contribution in [3.05, 3.63) is 30.1 Å². The molecule has 0 bridgehead atoms. The van der Waals surface area contributed by atoms with Gasteiger partial charge in [-0.15, -0.1) is 0 Å². The van der Waals surface area contributed by atoms with Crippen molar-refractivity contribution in [2.75, 3.05) is 32.8 Å². The van der Waals surface area contributed by atoms with Gasteiger partial charge in [-0.1, -0.05) is 12.1 Å². The van der Waals surface area contributed by atoms with Crippen LogP contribution in [-0.4, -0.2) is 59.6 Å². The van der Waals surface area contributed by atoms with Gasteiger partial charge in [-0.25, -0.2) is 4.98 Å². The lowest BCUT2D eigenvalue weighted by Crippen LogP contribution is -2.48. The van der Waals surface area contributed by atoms with Gasteiger partial charge in [0.2, 0.25) is 0 Å². The van der Waals surface area contributed by atoms with Crippen LogP contribution in [0.2, 0.25) is 0 Å². The number of aromatic nitrogens is 2. The summed E-state index contributed by atoms with van der Waals surface area (Å²) < 4.78 is 5.21. The Kier molecular flexibility index (Phi) is 7.28. The van der Waals surface area contributed by atoms with Gasteiger partial charge in [0.25, 0.3) is 0 Å². The number of H-pyrrole nitrogens is 1. The maximum absolute atomic E-state index is 12.1. The number of esters is 1. The Morgan fingerprint density at radius 3 is 3.04 bits per heavy atom. The van der Waals surface area contributed by atoms with Crippen molar-refractivity contribution in [1.82, 2.24) is 20.2 Å². The van der Waals surface area contributed by atoms with E-state index in [9.17, 15) is 4.79 Å². The van der Waals surface area contributed by atoms with Crippen LogP contribution >= 0.6 is 0 Å². The summed E-state index contributed by atoms with van der Waals surface area (Å²) in [5.74, 6) is 1.74. The summed E-state index contributed by atoms with van der Waals surface area (Å²) in [6, 6.07) is 8.08. The maximum Gasteiger partial charge on any atom is 0.310 e. The zero-order valence-electron chi connectivity index (χ0n) is 16.9. The number of fused-ring (bicyclic) bond motifs is 1. The van der Waals surface area contributed by atoms with Crippen LogP contribution < -0.4 is 5.32 Å². The van der Waals surface area contributed by atoms with Crippen molar-refractivity contribution >= 4 is 23.0 Å². The van der Waals surface area contributed by atoms with E-state index in [0.717, 1.165) is 68.1 Å². The Hall–Kier alpha value is -2.57. The summed E-state index contributed by atoms with van der Waals surface area (Å²) in [7, 11) is 0. The topological polar surface area (TPSA) is 82.6 Å². The summed E-state index contributed by atoms with van der Waals surface area (Å²) in [4.78, 5) is 27.1. The second-order valence-corrected chi connectivity index (χ2v) is 7.08. The number of carbonyl (C=O) groups is 1. The number of carbonyl (C=O) groups excluding carboxylic acids is 1. The van der Waals surface area contributed by atoms with E-state index >= 15 is 0 Å². The average Bonchev–Trinajstić information content (AvgIpc) is 3.13. The van der Waals surface area contributed by atoms with E-state index in [1.807, 2.05) is 31.2 Å². The van der Waals surface area contributed by atoms with Gasteiger partial charge in [-0.2, -0.15) is 0 Å². The van der Waals surface area contributed by atoms with Crippen molar-refractivity contribution in [2.24, 2.45) is 10.9 Å². The number of benzene rings is 1. The molecule has 1 atom stereocenters. The van der Waals surface area contributed by atoms with Crippen LogP contribution in [0.25, 0.3) is 11.0 Å². The first-order chi connectivity index (χ1) is 13.7. The van der Waals surface area contributed by atoms with Gasteiger partial charge < -0.3 is 19.9 Å². The Morgan fingerprint density at radius 1 is 1.39 bits per heavy atom. The fourth-order valence-electron chi connectivity index (χ4n) is 3.60. The number of para-hydroxylation sites is 2. The summed E-state index contributed by atoms with van der Waals surface area (Å²) >= 11 is 0. The standard InChI is InChI=1S/C21H31N5O2/c1-3-22-21(26-14-8-9-16(15-26)20(27)28-4-2)23-13-7-12-19-24-17-10-5-6-11-18(17)25-19/h5-6,10-11,16H,3-4,7-9,12-15H2,1-2H3,(H,22,23)(H,24,25). The molecule has 7 heteroatoms. The smallest absolute Gasteiger partial charge is 0.310 e. The molecule has 1 aromatic carbocycles. The molecule has 1 fully saturated rings. The Balaban J connectivity index is 1.55. The first-order valence-corrected chi connectivity index (χ1v) is 10.3. The lowest BCUT2D eigenvalue weighted by Gasteiger charge is -2.34. The maximum atomic E-state index is 12.1. The van der Waals surface area contributed by atoms with Gasteiger partial charge in [0.15, 0.2) is 5.96 Å². The van der Waals surface area contributed by atoms with Gasteiger partial charge >= 0.3 is 5.97 Å². The number of imidazole rings is 1. The highest BCUT2D eigenvalue weighted by molar-refractivity contribution is 5.81. The third-order valence-corrected chi connectivity index (χ3v) is 4.95. The molecule has 152 valence electrons. The molecule has 1 saturated heterocycles. The molecule has 0 radical (unpaired) electrons. The number of hydrogen-bond donors (Lipinski definition) is 2. The minimum Gasteiger partial charge on any atom is -0.466 e. The molecule has 0 aliphatic carbocycles. The van der Waals surface area contributed by atoms with Gasteiger partial charge in [-0.05, 0) is 45.2 Å². The summed E-state index contributed by atoms with van der Waals surface area (Å²) in [6.45, 7) is 7.48. The van der Waals surface area contributed by atoms with Crippen LogP contribution in [0.5, 0.6) is 0 Å². The summed E-state index contributed by atoms with van der Waals surface area (Å²) in [5.41, 5.74) is 2.08. The Bertz CT molecular complexity index is 768. The number of nitrogens with one attached hydrogen (secondary N) is 2. The molecule has 1 aliphatic heterocycles. The van der Waals surface area contributed by atoms with Gasteiger partial charge in [0.1, 0.15) is 5.82 Å². The molecule has 0 saturated carbocycles. The number of piperidine rings is 1. The molecule has 2 N–H and O–H groups in total. The zero-order valence-corrected chi connectivity index (χ0v) is 16.9. The molecular formula is C21H31N5O2. The van der Waals surface area contributed by atoms with Crippen molar-refractivity contribution in [3.63, 3.8) is 0 Å². The number of guanidine groups is 1. The summed E-state index contributed by atoms with van der Waals surface area (Å²) in [6.07, 6.45) is 3.65. The minimum atomic E-state index is -0.0899. The highest BCUT2D eigenvalue weighted by Crippen LogP contribution is 2.18. The number of likely N-dealkylation sites (tertiary alicyclic amines) is 1. The van der Waals surface area contributed by atoms with Gasteiger partial charge in [-0.3, -0.25) is 9.79 Å². The van der Waals surface area contributed by atoms with Gasteiger partial charge in [0, 0.05) is 32.6 Å². The van der Waals surface area contributed by atoms with E-state index in [-0.39, 0.29) is 11.9 Å². The normalized spacial score (nSPS) is 17.7. The van der Waals surface area contributed by atoms with Crippen LogP contribution in [0.4, 0.5) is 0 Å². The predicted molar refractivity (Wildman–Crippen MR) is 111 cm³/mol. The predicted octanol–water partition coefficient (Wildman–Crippen LogP) is 2.74. The van der Waals surface area contributed by atoms with E-state index in [1.165, 1.54) is 0 Å². The minimum absolute atomic E-state index is 0.0619. The van der Waals surface area contributed by atoms with Crippen LogP contribution in [0.1, 0.15) is 38.9 Å². The second-order valence-electron chi connectivity index (χ2n) is 7.08. The van der Waals surface area contributed by atoms with E-state index in [4.69, 9.17) is 9.73 Å². The van der Waals surface area contributed by atoms with Crippen LogP contribution in [0.15, 0.2) is 29.3 Å². The fraction of sp³-hybridized carbons (Fsp3) is 0.571. The van der Waals surface area contributed by atoms with E-state index in [2.05, 4.69) is 27.1 Å². The number of ether oxygens (including phenoxy) is 1. The highest BCUT2D eigenvalue weighted by Gasteiger charge is 2.28. The highest BCUT2D eigenvalue weighted by atomic mass is 16.5. The largest absolute Gasteiger partial charge is 0.466 e. The Morgan fingerprint density at radius 2 is 2.25 bits per heavy atom. The molecule has 0 amide bonds. The number of aryl methyl sites for hydroxylation is 1. The molecule has 1 aliphatic rings.